The number of benzene rings is 1. The first-order valence-electron chi connectivity index (χ1n) is 8.01. The molecule has 0 saturated heterocycles. The van der Waals surface area contributed by atoms with Crippen LogP contribution >= 0.6 is 0 Å². The van der Waals surface area contributed by atoms with Crippen molar-refractivity contribution < 1.29 is 23.5 Å². The molecule has 1 unspecified atom stereocenters. The smallest absolute Gasteiger partial charge is 0.243 e. The summed E-state index contributed by atoms with van der Waals surface area (Å²) in [6, 6.07) is 1.90. The average molecular weight is 342 g/mol. The number of imide groups is 1. The fourth-order valence-corrected chi connectivity index (χ4v) is 2.30. The van der Waals surface area contributed by atoms with Gasteiger partial charge >= 0.3 is 0 Å². The highest BCUT2D eigenvalue weighted by atomic mass is 19.1. The third-order valence-corrected chi connectivity index (χ3v) is 3.56. The van der Waals surface area contributed by atoms with Crippen molar-refractivity contribution in [3.8, 4) is 0 Å². The maximum absolute atomic E-state index is 13.1. The van der Waals surface area contributed by atoms with Gasteiger partial charge in [0.15, 0.2) is 0 Å². The number of unbranched alkanes of at least 4 members (excludes halogenated alkanes) is 1. The molecule has 0 radical (unpaired) electrons. The Labute approximate surface area is 140 Å². The van der Waals surface area contributed by atoms with Crippen LogP contribution in [0.4, 0.5) is 8.78 Å². The number of aliphatic hydroxyl groups excluding tert-OH is 1. The Balaban J connectivity index is 2.51. The van der Waals surface area contributed by atoms with E-state index in [2.05, 4.69) is 10.6 Å². The molecule has 1 aromatic rings. The van der Waals surface area contributed by atoms with E-state index in [9.17, 15) is 23.5 Å². The van der Waals surface area contributed by atoms with Crippen molar-refractivity contribution in [2.24, 2.45) is 0 Å². The van der Waals surface area contributed by atoms with Gasteiger partial charge in [-0.2, -0.15) is 0 Å². The van der Waals surface area contributed by atoms with Gasteiger partial charge in [-0.1, -0.05) is 19.8 Å². The van der Waals surface area contributed by atoms with Gasteiger partial charge in [0.1, 0.15) is 11.6 Å². The molecule has 3 N–H and O–H groups in total. The third-order valence-electron chi connectivity index (χ3n) is 3.56. The van der Waals surface area contributed by atoms with E-state index >= 15 is 0 Å². The second kappa shape index (κ2) is 10.1. The summed E-state index contributed by atoms with van der Waals surface area (Å²) < 4.78 is 26.2. The molecule has 7 heteroatoms. The van der Waals surface area contributed by atoms with Crippen LogP contribution in [0.3, 0.4) is 0 Å². The average Bonchev–Trinajstić information content (AvgIpc) is 2.49. The first-order chi connectivity index (χ1) is 11.3. The van der Waals surface area contributed by atoms with E-state index in [1.165, 1.54) is 0 Å². The molecule has 2 amide bonds. The number of halogens is 2. The second-order valence-electron chi connectivity index (χ2n) is 5.78. The summed E-state index contributed by atoms with van der Waals surface area (Å²) in [5.41, 5.74) is 0.148. The normalized spacial score (nSPS) is 13.4. The maximum atomic E-state index is 13.1. The van der Waals surface area contributed by atoms with Gasteiger partial charge in [0.05, 0.1) is 19.1 Å². The first kappa shape index (κ1) is 20.2. The monoisotopic (exact) mass is 342 g/mol. The van der Waals surface area contributed by atoms with Crippen LogP contribution < -0.4 is 10.6 Å². The Morgan fingerprint density at radius 1 is 1.21 bits per heavy atom. The quantitative estimate of drug-likeness (QED) is 0.638. The van der Waals surface area contributed by atoms with Gasteiger partial charge in [-0.25, -0.2) is 8.78 Å². The minimum Gasteiger partial charge on any atom is -0.395 e. The lowest BCUT2D eigenvalue weighted by Gasteiger charge is -2.20. The fourth-order valence-electron chi connectivity index (χ4n) is 2.30. The van der Waals surface area contributed by atoms with E-state index < -0.39 is 29.5 Å². The summed E-state index contributed by atoms with van der Waals surface area (Å²) in [4.78, 5) is 23.8. The zero-order valence-corrected chi connectivity index (χ0v) is 13.9. The molecule has 0 aliphatic heterocycles. The van der Waals surface area contributed by atoms with Crippen molar-refractivity contribution >= 4 is 11.8 Å². The van der Waals surface area contributed by atoms with Crippen LogP contribution in [0.2, 0.25) is 0 Å². The van der Waals surface area contributed by atoms with Crippen molar-refractivity contribution in [2.45, 2.75) is 51.6 Å². The summed E-state index contributed by atoms with van der Waals surface area (Å²) in [7, 11) is 0. The van der Waals surface area contributed by atoms with Gasteiger partial charge < -0.3 is 10.4 Å². The molecule has 5 nitrogen and oxygen atoms in total. The Kier molecular flexibility index (Phi) is 8.49. The van der Waals surface area contributed by atoms with Crippen molar-refractivity contribution in [1.82, 2.24) is 10.6 Å². The topological polar surface area (TPSA) is 78.4 Å². The summed E-state index contributed by atoms with van der Waals surface area (Å²) in [6.07, 6.45) is 2.31. The fraction of sp³-hybridized carbons (Fsp3) is 0.529. The van der Waals surface area contributed by atoms with E-state index in [0.29, 0.717) is 6.07 Å². The molecule has 0 bridgehead atoms. The summed E-state index contributed by atoms with van der Waals surface area (Å²) in [5, 5.41) is 14.4. The molecular weight excluding hydrogens is 318 g/mol. The van der Waals surface area contributed by atoms with Crippen LogP contribution in [0.15, 0.2) is 18.2 Å². The predicted octanol–water partition coefficient (Wildman–Crippen LogP) is 1.68. The van der Waals surface area contributed by atoms with Crippen molar-refractivity contribution in [3.63, 3.8) is 0 Å². The first-order valence-corrected chi connectivity index (χ1v) is 8.01. The molecule has 0 aliphatic rings. The second-order valence-corrected chi connectivity index (χ2v) is 5.78. The molecule has 0 spiro atoms. The summed E-state index contributed by atoms with van der Waals surface area (Å²) in [6.45, 7) is 3.51. The number of nitrogens with one attached hydrogen (secondary N) is 2. The van der Waals surface area contributed by atoms with Crippen LogP contribution in [0, 0.1) is 11.6 Å². The number of hydrogen-bond donors (Lipinski definition) is 3. The summed E-state index contributed by atoms with van der Waals surface area (Å²) >= 11 is 0. The highest BCUT2D eigenvalue weighted by molar-refractivity contribution is 5.98. The highest BCUT2D eigenvalue weighted by Crippen LogP contribution is 2.08. The molecule has 134 valence electrons. The number of carbonyl (C=O) groups excluding carboxylic acids is 2. The zero-order chi connectivity index (χ0) is 18.1. The zero-order valence-electron chi connectivity index (χ0n) is 13.9. The standard InChI is InChI=1S/C17H24F2N2O3/c1-3-4-5-15(10-22)20-11(2)17(24)21-16(23)8-12-6-13(18)9-14(19)7-12/h6-7,9,11,15,20,22H,3-5,8,10H2,1-2H3,(H,21,23,24)/t11-,15?/m0/s1. The molecule has 1 aromatic carbocycles. The largest absolute Gasteiger partial charge is 0.395 e. The van der Waals surface area contributed by atoms with Gasteiger partial charge in [-0.15, -0.1) is 0 Å². The Bertz CT molecular complexity index is 547. The van der Waals surface area contributed by atoms with E-state index in [1.807, 2.05) is 6.92 Å². The van der Waals surface area contributed by atoms with Gasteiger partial charge in [-0.3, -0.25) is 14.9 Å². The van der Waals surface area contributed by atoms with E-state index in [1.54, 1.807) is 6.92 Å². The number of hydrogen-bond acceptors (Lipinski definition) is 4. The van der Waals surface area contributed by atoms with Crippen molar-refractivity contribution in [2.75, 3.05) is 6.61 Å². The lowest BCUT2D eigenvalue weighted by Crippen LogP contribution is -2.49. The lowest BCUT2D eigenvalue weighted by molar-refractivity contribution is -0.131. The number of aliphatic hydroxyl groups is 1. The maximum Gasteiger partial charge on any atom is 0.243 e. The Hall–Kier alpha value is -1.86. The summed E-state index contributed by atoms with van der Waals surface area (Å²) in [5.74, 6) is -2.75. The Morgan fingerprint density at radius 2 is 1.83 bits per heavy atom. The molecule has 0 aliphatic carbocycles. The van der Waals surface area contributed by atoms with E-state index in [0.717, 1.165) is 31.4 Å². The molecule has 1 rings (SSSR count). The van der Waals surface area contributed by atoms with Crippen LogP contribution in [-0.2, 0) is 16.0 Å². The number of rotatable bonds is 9. The van der Waals surface area contributed by atoms with Crippen molar-refractivity contribution in [3.05, 3.63) is 35.4 Å². The van der Waals surface area contributed by atoms with Gasteiger partial charge in [0, 0.05) is 12.1 Å². The number of amides is 2. The minimum atomic E-state index is -0.777. The molecular formula is C17H24F2N2O3. The van der Waals surface area contributed by atoms with Gasteiger partial charge in [0.25, 0.3) is 0 Å². The molecule has 2 atom stereocenters. The molecule has 24 heavy (non-hydrogen) atoms. The molecule has 0 aromatic heterocycles. The lowest BCUT2D eigenvalue weighted by atomic mass is 10.1. The van der Waals surface area contributed by atoms with Crippen LogP contribution in [0.1, 0.15) is 38.7 Å². The SMILES string of the molecule is CCCCC(CO)N[C@@H](C)C(=O)NC(=O)Cc1cc(F)cc(F)c1. The molecule has 0 heterocycles. The Morgan fingerprint density at radius 3 is 2.38 bits per heavy atom. The predicted molar refractivity (Wildman–Crippen MR) is 86.2 cm³/mol. The van der Waals surface area contributed by atoms with Crippen LogP contribution in [0.25, 0.3) is 0 Å². The minimum absolute atomic E-state index is 0.103. The molecule has 0 saturated carbocycles. The van der Waals surface area contributed by atoms with Crippen molar-refractivity contribution in [1.29, 1.82) is 0 Å². The third kappa shape index (κ3) is 7.14. The van der Waals surface area contributed by atoms with Gasteiger partial charge in [0.2, 0.25) is 11.8 Å². The van der Waals surface area contributed by atoms with Crippen LogP contribution in [-0.4, -0.2) is 35.6 Å². The van der Waals surface area contributed by atoms with Crippen LogP contribution in [0.5, 0.6) is 0 Å². The number of carbonyl (C=O) groups is 2. The highest BCUT2D eigenvalue weighted by Gasteiger charge is 2.19. The molecule has 0 fully saturated rings. The van der Waals surface area contributed by atoms with Gasteiger partial charge in [-0.05, 0) is 31.0 Å². The van der Waals surface area contributed by atoms with E-state index in [-0.39, 0.29) is 24.6 Å². The van der Waals surface area contributed by atoms with E-state index in [4.69, 9.17) is 0 Å².